The minimum atomic E-state index is 0.828. The minimum Gasteiger partial charge on any atom is -0.0995 e. The molecule has 2 atom stereocenters. The van der Waals surface area contributed by atoms with Crippen molar-refractivity contribution < 1.29 is 0 Å². The number of hydrogen-bond donors (Lipinski definition) is 0. The van der Waals surface area contributed by atoms with Gasteiger partial charge in [-0.15, -0.1) is 0 Å². The van der Waals surface area contributed by atoms with E-state index in [2.05, 4.69) is 27.4 Å². The maximum absolute atomic E-state index is 3.95. The summed E-state index contributed by atoms with van der Waals surface area (Å²) in [4.78, 5) is 0. The average Bonchev–Trinajstić information content (AvgIpc) is 2.44. The predicted octanol–water partition coefficient (Wildman–Crippen LogP) is 2.85. The number of hydrogen-bond acceptors (Lipinski definition) is 0. The van der Waals surface area contributed by atoms with Crippen molar-refractivity contribution in [2.75, 3.05) is 0 Å². The molecule has 9 heavy (non-hydrogen) atoms. The molecule has 2 unspecified atom stereocenters. The lowest BCUT2D eigenvalue weighted by atomic mass is 9.93. The zero-order valence-corrected chi connectivity index (χ0v) is 6.65. The van der Waals surface area contributed by atoms with Gasteiger partial charge in [0.2, 0.25) is 0 Å². The van der Waals surface area contributed by atoms with Crippen LogP contribution in [0.15, 0.2) is 12.2 Å². The Morgan fingerprint density at radius 3 is 2.00 bits per heavy atom. The van der Waals surface area contributed by atoms with Gasteiger partial charge in [-0.3, -0.25) is 0 Å². The first-order valence-electron chi connectivity index (χ1n) is 3.80. The van der Waals surface area contributed by atoms with Crippen molar-refractivity contribution in [1.29, 1.82) is 0 Å². The van der Waals surface area contributed by atoms with Crippen LogP contribution >= 0.6 is 0 Å². The van der Waals surface area contributed by atoms with Gasteiger partial charge in [-0.1, -0.05) is 32.9 Å². The number of rotatable bonds is 2. The average molecular weight is 124 g/mol. The summed E-state index contributed by atoms with van der Waals surface area (Å²) < 4.78 is 0. The van der Waals surface area contributed by atoms with Crippen LogP contribution in [-0.4, -0.2) is 0 Å². The lowest BCUT2D eigenvalue weighted by Gasteiger charge is -2.12. The highest BCUT2D eigenvalue weighted by atomic mass is 14.4. The Hall–Kier alpha value is -0.260. The summed E-state index contributed by atoms with van der Waals surface area (Å²) in [7, 11) is 0. The van der Waals surface area contributed by atoms with Gasteiger partial charge in [0.05, 0.1) is 0 Å². The molecule has 0 nitrogen and oxygen atoms in total. The maximum Gasteiger partial charge on any atom is -0.0140 e. The third-order valence-corrected chi connectivity index (χ3v) is 2.53. The Morgan fingerprint density at radius 1 is 1.44 bits per heavy atom. The first-order chi connectivity index (χ1) is 4.13. The van der Waals surface area contributed by atoms with Crippen LogP contribution in [0.5, 0.6) is 0 Å². The Morgan fingerprint density at radius 2 is 1.89 bits per heavy atom. The largest absolute Gasteiger partial charge is 0.0995 e. The topological polar surface area (TPSA) is 0 Å². The van der Waals surface area contributed by atoms with Gasteiger partial charge < -0.3 is 0 Å². The van der Waals surface area contributed by atoms with E-state index in [1.165, 1.54) is 12.0 Å². The molecule has 0 heteroatoms. The van der Waals surface area contributed by atoms with Crippen LogP contribution in [-0.2, 0) is 0 Å². The lowest BCUT2D eigenvalue weighted by molar-refractivity contribution is 0.382. The molecule has 0 N–H and O–H groups in total. The molecule has 0 spiro atoms. The van der Waals surface area contributed by atoms with Crippen LogP contribution in [0.3, 0.4) is 0 Å². The normalized spacial score (nSPS) is 28.9. The van der Waals surface area contributed by atoms with Crippen LogP contribution < -0.4 is 0 Å². The van der Waals surface area contributed by atoms with Gasteiger partial charge in [0, 0.05) is 0 Å². The fourth-order valence-corrected chi connectivity index (χ4v) is 1.25. The molecule has 0 heterocycles. The van der Waals surface area contributed by atoms with E-state index in [4.69, 9.17) is 0 Å². The second kappa shape index (κ2) is 2.17. The van der Waals surface area contributed by atoms with Crippen molar-refractivity contribution >= 4 is 0 Å². The van der Waals surface area contributed by atoms with Gasteiger partial charge in [-0.25, -0.2) is 0 Å². The van der Waals surface area contributed by atoms with E-state index in [9.17, 15) is 0 Å². The quantitative estimate of drug-likeness (QED) is 0.496. The maximum atomic E-state index is 3.95. The molecule has 0 amide bonds. The van der Waals surface area contributed by atoms with Crippen LogP contribution in [0.1, 0.15) is 27.2 Å². The summed E-state index contributed by atoms with van der Waals surface area (Å²) in [5.41, 5.74) is 1.47. The molecule has 0 aromatic carbocycles. The Balaban J connectivity index is 2.35. The summed E-state index contributed by atoms with van der Waals surface area (Å²) in [6.07, 6.45) is 1.29. The Labute approximate surface area is 58.0 Å². The lowest BCUT2D eigenvalue weighted by Crippen LogP contribution is -2.05. The van der Waals surface area contributed by atoms with E-state index in [0.717, 1.165) is 17.8 Å². The van der Waals surface area contributed by atoms with Gasteiger partial charge >= 0.3 is 0 Å². The molecule has 1 aliphatic rings. The molecule has 0 radical (unpaired) electrons. The monoisotopic (exact) mass is 124 g/mol. The summed E-state index contributed by atoms with van der Waals surface area (Å²) in [6, 6.07) is 0. The fraction of sp³-hybridized carbons (Fsp3) is 0.778. The van der Waals surface area contributed by atoms with Crippen molar-refractivity contribution in [1.82, 2.24) is 0 Å². The van der Waals surface area contributed by atoms with Gasteiger partial charge in [0.25, 0.3) is 0 Å². The summed E-state index contributed by atoms with van der Waals surface area (Å²) >= 11 is 0. The first-order valence-corrected chi connectivity index (χ1v) is 3.80. The third kappa shape index (κ3) is 1.35. The molecule has 0 aliphatic heterocycles. The molecule has 0 saturated heterocycles. The molecule has 0 aromatic heterocycles. The molecule has 1 aliphatic carbocycles. The molecular formula is C9H16. The second-order valence-corrected chi connectivity index (χ2v) is 3.57. The van der Waals surface area contributed by atoms with Crippen molar-refractivity contribution in [3.63, 3.8) is 0 Å². The molecule has 1 fully saturated rings. The first kappa shape index (κ1) is 6.85. The SMILES string of the molecule is C=C1CC1C(C)C(C)C. The highest BCUT2D eigenvalue weighted by Crippen LogP contribution is 2.44. The fourth-order valence-electron chi connectivity index (χ4n) is 1.25. The van der Waals surface area contributed by atoms with Crippen LogP contribution in [0, 0.1) is 17.8 Å². The van der Waals surface area contributed by atoms with E-state index in [0.29, 0.717) is 0 Å². The molecule has 0 aromatic rings. The summed E-state index contributed by atoms with van der Waals surface area (Å²) in [5, 5.41) is 0. The third-order valence-electron chi connectivity index (χ3n) is 2.53. The predicted molar refractivity (Wildman–Crippen MR) is 41.2 cm³/mol. The highest BCUT2D eigenvalue weighted by Gasteiger charge is 2.33. The zero-order chi connectivity index (χ0) is 7.02. The van der Waals surface area contributed by atoms with E-state index >= 15 is 0 Å². The van der Waals surface area contributed by atoms with Crippen LogP contribution in [0.2, 0.25) is 0 Å². The van der Waals surface area contributed by atoms with Crippen molar-refractivity contribution in [2.45, 2.75) is 27.2 Å². The zero-order valence-electron chi connectivity index (χ0n) is 6.65. The van der Waals surface area contributed by atoms with Crippen molar-refractivity contribution in [3.8, 4) is 0 Å². The standard InChI is InChI=1S/C9H16/c1-6(2)8(4)9-5-7(9)3/h6,8-9H,3,5H2,1-2,4H3. The molecular weight excluding hydrogens is 108 g/mol. The molecule has 52 valence electrons. The minimum absolute atomic E-state index is 0.828. The number of allylic oxidation sites excluding steroid dienone is 1. The van der Waals surface area contributed by atoms with Crippen LogP contribution in [0.4, 0.5) is 0 Å². The van der Waals surface area contributed by atoms with Gasteiger partial charge in [0.15, 0.2) is 0 Å². The molecule has 1 rings (SSSR count). The van der Waals surface area contributed by atoms with Crippen molar-refractivity contribution in [3.05, 3.63) is 12.2 Å². The Bertz CT molecular complexity index is 122. The summed E-state index contributed by atoms with van der Waals surface area (Å²) in [5.74, 6) is 2.55. The van der Waals surface area contributed by atoms with E-state index in [1.807, 2.05) is 0 Å². The second-order valence-electron chi connectivity index (χ2n) is 3.57. The van der Waals surface area contributed by atoms with Gasteiger partial charge in [-0.2, -0.15) is 0 Å². The Kier molecular flexibility index (Phi) is 1.65. The van der Waals surface area contributed by atoms with Gasteiger partial charge in [0.1, 0.15) is 0 Å². The molecule has 1 saturated carbocycles. The molecule has 0 bridgehead atoms. The van der Waals surface area contributed by atoms with Crippen LogP contribution in [0.25, 0.3) is 0 Å². The van der Waals surface area contributed by atoms with Gasteiger partial charge in [-0.05, 0) is 24.2 Å². The smallest absolute Gasteiger partial charge is 0.0140 e. The van der Waals surface area contributed by atoms with Crippen molar-refractivity contribution in [2.24, 2.45) is 17.8 Å². The van der Waals surface area contributed by atoms with E-state index in [-0.39, 0.29) is 0 Å². The van der Waals surface area contributed by atoms with E-state index in [1.54, 1.807) is 0 Å². The highest BCUT2D eigenvalue weighted by molar-refractivity contribution is 5.20. The summed E-state index contributed by atoms with van der Waals surface area (Å²) in [6.45, 7) is 10.9. The van der Waals surface area contributed by atoms with E-state index < -0.39 is 0 Å².